The molecule has 0 spiro atoms. The van der Waals surface area contributed by atoms with Crippen molar-refractivity contribution < 1.29 is 43.5 Å². The van der Waals surface area contributed by atoms with Gasteiger partial charge in [0.2, 0.25) is 12.1 Å². The first-order chi connectivity index (χ1) is 27.8. The Balaban J connectivity index is 1.58. The summed E-state index contributed by atoms with van der Waals surface area (Å²) in [5.74, 6) is 0.405. The van der Waals surface area contributed by atoms with Gasteiger partial charge in [0.25, 0.3) is 0 Å². The van der Waals surface area contributed by atoms with E-state index in [2.05, 4.69) is 44.7 Å². The van der Waals surface area contributed by atoms with Crippen LogP contribution >= 0.6 is 0 Å². The van der Waals surface area contributed by atoms with Gasteiger partial charge in [0.05, 0.1) is 31.5 Å². The summed E-state index contributed by atoms with van der Waals surface area (Å²) in [6.45, 7) is 13.7. The third-order valence-corrected chi connectivity index (χ3v) is 12.1. The maximum absolute atomic E-state index is 14.0. The van der Waals surface area contributed by atoms with Crippen molar-refractivity contribution in [2.24, 2.45) is 22.9 Å². The SMILES string of the molecule is C=CCO[C@@]12Oc3ccc(Oc4ccc(C)c(C)c4)cc3[C@H]3[C@H](CCCCO)[C@@H](CCCCO)C=C(C(=NOC4CCCCO4)C[C@@H]1N(CCC)C(=O)OCC)[C@H]32. The molecule has 6 rings (SSSR count). The van der Waals surface area contributed by atoms with E-state index in [0.29, 0.717) is 50.3 Å². The van der Waals surface area contributed by atoms with Gasteiger partial charge in [-0.05, 0) is 125 Å². The van der Waals surface area contributed by atoms with E-state index >= 15 is 0 Å². The van der Waals surface area contributed by atoms with E-state index in [1.165, 1.54) is 5.56 Å². The van der Waals surface area contributed by atoms with Crippen LogP contribution < -0.4 is 9.47 Å². The monoisotopic (exact) mass is 788 g/mol. The number of aliphatic hydroxyl groups is 2. The standard InChI is InChI=1S/C46H64N2O9/c1-6-22-48(45(51)52-8-3)41-30-39(47-57-42-17-11-14-26-53-42)37-28-33(15-9-12-23-49)36(16-10-13-24-50)43-38-29-35(55-34-19-18-31(4)32(5)27-34)20-21-40(38)56-46(41,44(37)43)54-25-7-2/h7,18-21,27-29,33,36,41-44,49-50H,2,6,8-17,22-26,30H2,1,3-5H3/t33-,36+,41-,42?,43+,44+,46+/m0/s1. The van der Waals surface area contributed by atoms with Crippen LogP contribution in [0, 0.1) is 31.6 Å². The number of carbonyl (C=O) groups is 1. The van der Waals surface area contributed by atoms with Crippen LogP contribution in [0.3, 0.4) is 0 Å². The van der Waals surface area contributed by atoms with Crippen LogP contribution in [0.1, 0.15) is 107 Å². The summed E-state index contributed by atoms with van der Waals surface area (Å²) in [4.78, 5) is 22.0. The molecule has 2 N–H and O–H groups in total. The minimum Gasteiger partial charge on any atom is -0.459 e. The lowest BCUT2D eigenvalue weighted by molar-refractivity contribution is -0.255. The van der Waals surface area contributed by atoms with E-state index < -0.39 is 30.1 Å². The van der Waals surface area contributed by atoms with Crippen LogP contribution in [0.4, 0.5) is 4.79 Å². The summed E-state index contributed by atoms with van der Waals surface area (Å²) in [7, 11) is 0. The van der Waals surface area contributed by atoms with Gasteiger partial charge in [0.15, 0.2) is 0 Å². The van der Waals surface area contributed by atoms with Crippen LogP contribution in [-0.4, -0.2) is 84.6 Å². The molecule has 2 aliphatic heterocycles. The molecule has 7 atom stereocenters. The fourth-order valence-electron chi connectivity index (χ4n) is 9.36. The van der Waals surface area contributed by atoms with Gasteiger partial charge in [0, 0.05) is 44.1 Å². The number of nitrogens with zero attached hydrogens (tertiary/aromatic N) is 2. The fraction of sp³-hybridized carbons (Fsp3) is 0.609. The molecule has 2 heterocycles. The lowest BCUT2D eigenvalue weighted by Crippen LogP contribution is -2.70. The molecule has 11 nitrogen and oxygen atoms in total. The minimum atomic E-state index is -1.35. The van der Waals surface area contributed by atoms with Crippen LogP contribution in [0.2, 0.25) is 0 Å². The van der Waals surface area contributed by atoms with Gasteiger partial charge in [-0.3, -0.25) is 4.90 Å². The average Bonchev–Trinajstić information content (AvgIpc) is 3.21. The van der Waals surface area contributed by atoms with Gasteiger partial charge in [-0.2, -0.15) is 0 Å². The minimum absolute atomic E-state index is 0.0973. The first-order valence-corrected chi connectivity index (χ1v) is 21.3. The van der Waals surface area contributed by atoms with Crippen molar-refractivity contribution in [3.8, 4) is 17.2 Å². The topological polar surface area (TPSA) is 129 Å². The Kier molecular flexibility index (Phi) is 15.1. The predicted octanol–water partition coefficient (Wildman–Crippen LogP) is 9.12. The van der Waals surface area contributed by atoms with E-state index in [-0.39, 0.29) is 44.2 Å². The Morgan fingerprint density at radius 3 is 2.49 bits per heavy atom. The van der Waals surface area contributed by atoms with Crippen molar-refractivity contribution in [3.63, 3.8) is 0 Å². The first-order valence-electron chi connectivity index (χ1n) is 21.3. The highest BCUT2D eigenvalue weighted by Crippen LogP contribution is 2.62. The number of carbonyl (C=O) groups excluding carboxylic acids is 1. The summed E-state index contributed by atoms with van der Waals surface area (Å²) < 4.78 is 32.6. The number of allylic oxidation sites excluding steroid dienone is 1. The number of benzene rings is 2. The maximum atomic E-state index is 14.0. The van der Waals surface area contributed by atoms with E-state index in [4.69, 9.17) is 33.7 Å². The van der Waals surface area contributed by atoms with Gasteiger partial charge in [-0.15, -0.1) is 6.58 Å². The van der Waals surface area contributed by atoms with Crippen molar-refractivity contribution in [3.05, 3.63) is 77.4 Å². The Labute approximate surface area is 339 Å². The Hall–Kier alpha value is -3.90. The third kappa shape index (κ3) is 9.54. The number of rotatable bonds is 19. The molecule has 2 fully saturated rings. The molecule has 1 saturated heterocycles. The van der Waals surface area contributed by atoms with Crippen molar-refractivity contribution in [1.82, 2.24) is 4.90 Å². The van der Waals surface area contributed by atoms with Gasteiger partial charge in [-0.25, -0.2) is 4.79 Å². The number of fused-ring (bicyclic) bond motifs is 2. The lowest BCUT2D eigenvalue weighted by Gasteiger charge is -2.59. The number of oxime groups is 1. The molecular weight excluding hydrogens is 725 g/mol. The normalized spacial score (nSPS) is 27.1. The fourth-order valence-corrected chi connectivity index (χ4v) is 9.36. The molecule has 1 unspecified atom stereocenters. The molecule has 4 aliphatic rings. The molecule has 0 bridgehead atoms. The van der Waals surface area contributed by atoms with Crippen LogP contribution in [-0.2, 0) is 19.0 Å². The number of amides is 1. The van der Waals surface area contributed by atoms with E-state index in [9.17, 15) is 15.0 Å². The highest BCUT2D eigenvalue weighted by Gasteiger charge is 2.65. The summed E-state index contributed by atoms with van der Waals surface area (Å²) in [6, 6.07) is 11.5. The molecule has 1 amide bonds. The molecule has 57 heavy (non-hydrogen) atoms. The van der Waals surface area contributed by atoms with E-state index in [1.807, 2.05) is 32.0 Å². The quantitative estimate of drug-likeness (QED) is 0.0814. The maximum Gasteiger partial charge on any atom is 0.410 e. The van der Waals surface area contributed by atoms with Crippen molar-refractivity contribution in [2.45, 2.75) is 122 Å². The van der Waals surface area contributed by atoms with Crippen LogP contribution in [0.15, 0.2) is 65.9 Å². The molecule has 312 valence electrons. The average molecular weight is 789 g/mol. The summed E-state index contributed by atoms with van der Waals surface area (Å²) in [5, 5.41) is 24.7. The molecular formula is C46H64N2O9. The van der Waals surface area contributed by atoms with Gasteiger partial charge >= 0.3 is 6.09 Å². The van der Waals surface area contributed by atoms with Crippen molar-refractivity contribution in [1.29, 1.82) is 0 Å². The molecule has 2 aromatic carbocycles. The van der Waals surface area contributed by atoms with Crippen LogP contribution in [0.5, 0.6) is 17.2 Å². The number of aliphatic hydroxyl groups excluding tert-OH is 2. The zero-order valence-corrected chi connectivity index (χ0v) is 34.5. The predicted molar refractivity (Wildman–Crippen MR) is 220 cm³/mol. The number of unbranched alkanes of at least 4 members (excludes halogenated alkanes) is 2. The van der Waals surface area contributed by atoms with Crippen molar-refractivity contribution >= 4 is 11.8 Å². The molecule has 0 radical (unpaired) electrons. The van der Waals surface area contributed by atoms with E-state index in [0.717, 1.165) is 73.1 Å². The summed E-state index contributed by atoms with van der Waals surface area (Å²) in [5.41, 5.74) is 5.06. The molecule has 11 heteroatoms. The number of ether oxygens (including phenoxy) is 5. The van der Waals surface area contributed by atoms with Crippen molar-refractivity contribution in [2.75, 3.05) is 39.6 Å². The first kappa shape index (κ1) is 42.7. The second-order valence-corrected chi connectivity index (χ2v) is 15.9. The Morgan fingerprint density at radius 1 is 1.02 bits per heavy atom. The van der Waals surface area contributed by atoms with Gasteiger partial charge < -0.3 is 38.7 Å². The zero-order valence-electron chi connectivity index (χ0n) is 34.5. The smallest absolute Gasteiger partial charge is 0.410 e. The van der Waals surface area contributed by atoms with E-state index in [1.54, 1.807) is 11.0 Å². The van der Waals surface area contributed by atoms with Gasteiger partial charge in [0.1, 0.15) is 23.3 Å². The zero-order chi connectivity index (χ0) is 40.4. The number of aryl methyl sites for hydroxylation is 2. The molecule has 2 aliphatic carbocycles. The van der Waals surface area contributed by atoms with Crippen LogP contribution in [0.25, 0.3) is 0 Å². The summed E-state index contributed by atoms with van der Waals surface area (Å²) in [6.07, 6.45) is 11.7. The molecule has 0 aromatic heterocycles. The largest absolute Gasteiger partial charge is 0.459 e. The highest BCUT2D eigenvalue weighted by molar-refractivity contribution is 6.03. The van der Waals surface area contributed by atoms with Gasteiger partial charge in [-0.1, -0.05) is 43.1 Å². The number of hydrogen-bond acceptors (Lipinski definition) is 10. The Morgan fingerprint density at radius 2 is 1.79 bits per heavy atom. The second-order valence-electron chi connectivity index (χ2n) is 15.9. The second kappa shape index (κ2) is 20.2. The Bertz CT molecular complexity index is 1720. The summed E-state index contributed by atoms with van der Waals surface area (Å²) >= 11 is 0. The highest BCUT2D eigenvalue weighted by atomic mass is 16.8. The molecule has 1 saturated carbocycles. The third-order valence-electron chi connectivity index (χ3n) is 12.1. The number of hydrogen-bond donors (Lipinski definition) is 2. The lowest BCUT2D eigenvalue weighted by atomic mass is 9.55. The molecule has 2 aromatic rings.